The average Bonchev–Trinajstić information content (AvgIpc) is 3.27. The zero-order chi connectivity index (χ0) is 18.3. The van der Waals surface area contributed by atoms with Crippen LogP contribution in [0.15, 0.2) is 36.7 Å². The van der Waals surface area contributed by atoms with Crippen LogP contribution in [0.1, 0.15) is 47.1 Å². The summed E-state index contributed by atoms with van der Waals surface area (Å²) < 4.78 is 1.72. The summed E-state index contributed by atoms with van der Waals surface area (Å²) in [5.41, 5.74) is 1.27. The number of amides is 1. The normalized spacial score (nSPS) is 23.0. The van der Waals surface area contributed by atoms with Gasteiger partial charge in [0.25, 0.3) is 0 Å². The number of benzene rings is 1. The smallest absolute Gasteiger partial charge is 0.338 e. The zero-order valence-corrected chi connectivity index (χ0v) is 15.0. The summed E-state index contributed by atoms with van der Waals surface area (Å²) >= 11 is 6.25. The van der Waals surface area contributed by atoms with E-state index < -0.39 is 5.97 Å². The number of carbonyl (C=O) groups excluding carboxylic acids is 1. The second-order valence-electron chi connectivity index (χ2n) is 7.04. The number of aromatic nitrogens is 2. The lowest BCUT2D eigenvalue weighted by atomic mass is 10.0. The van der Waals surface area contributed by atoms with Gasteiger partial charge in [-0.15, -0.1) is 0 Å². The third-order valence-electron chi connectivity index (χ3n) is 5.41. The van der Waals surface area contributed by atoms with Crippen molar-refractivity contribution in [2.45, 2.75) is 31.2 Å². The molecule has 0 radical (unpaired) electrons. The second-order valence-corrected chi connectivity index (χ2v) is 7.45. The molecule has 0 spiro atoms. The molecule has 1 aliphatic heterocycles. The van der Waals surface area contributed by atoms with Gasteiger partial charge in [-0.3, -0.25) is 9.48 Å². The first kappa shape index (κ1) is 17.1. The molecule has 1 aliphatic carbocycles. The Labute approximate surface area is 156 Å². The summed E-state index contributed by atoms with van der Waals surface area (Å²) in [4.78, 5) is 25.7. The second kappa shape index (κ2) is 6.76. The molecule has 6 nitrogen and oxygen atoms in total. The van der Waals surface area contributed by atoms with E-state index in [2.05, 4.69) is 5.10 Å². The van der Waals surface area contributed by atoms with E-state index in [1.54, 1.807) is 10.9 Å². The van der Waals surface area contributed by atoms with E-state index in [1.165, 1.54) is 6.20 Å². The lowest BCUT2D eigenvalue weighted by Gasteiger charge is -2.32. The van der Waals surface area contributed by atoms with Gasteiger partial charge in [0, 0.05) is 30.2 Å². The fourth-order valence-electron chi connectivity index (χ4n) is 3.82. The van der Waals surface area contributed by atoms with Crippen LogP contribution in [0.2, 0.25) is 5.02 Å². The quantitative estimate of drug-likeness (QED) is 0.892. The molecule has 26 heavy (non-hydrogen) atoms. The number of carbonyl (C=O) groups is 2. The number of piperidine rings is 1. The Bertz CT molecular complexity index is 842. The molecule has 7 heteroatoms. The fourth-order valence-corrected chi connectivity index (χ4v) is 4.10. The molecule has 136 valence electrons. The Morgan fingerprint density at radius 3 is 2.58 bits per heavy atom. The Hall–Kier alpha value is -2.34. The van der Waals surface area contributed by atoms with Crippen LogP contribution in [0.3, 0.4) is 0 Å². The van der Waals surface area contributed by atoms with Gasteiger partial charge >= 0.3 is 5.97 Å². The van der Waals surface area contributed by atoms with Crippen LogP contribution in [0.4, 0.5) is 0 Å². The molecular formula is C19H20ClN3O3. The highest BCUT2D eigenvalue weighted by atomic mass is 35.5. The summed E-state index contributed by atoms with van der Waals surface area (Å²) in [6.07, 6.45) is 5.38. The summed E-state index contributed by atoms with van der Waals surface area (Å²) in [6, 6.07) is 7.89. The number of nitrogens with zero attached hydrogens (tertiary/aromatic N) is 3. The molecule has 2 heterocycles. The van der Waals surface area contributed by atoms with Crippen molar-refractivity contribution < 1.29 is 14.7 Å². The maximum Gasteiger partial charge on any atom is 0.338 e. The predicted molar refractivity (Wildman–Crippen MR) is 96.3 cm³/mol. The zero-order valence-electron chi connectivity index (χ0n) is 14.2. The van der Waals surface area contributed by atoms with Crippen molar-refractivity contribution >= 4 is 23.5 Å². The molecule has 4 rings (SSSR count). The Morgan fingerprint density at radius 2 is 1.92 bits per heavy atom. The van der Waals surface area contributed by atoms with Gasteiger partial charge in [0.1, 0.15) is 0 Å². The lowest BCUT2D eigenvalue weighted by molar-refractivity contribution is -0.134. The van der Waals surface area contributed by atoms with E-state index in [9.17, 15) is 9.59 Å². The maximum atomic E-state index is 12.8. The Balaban J connectivity index is 1.34. The molecule has 1 saturated carbocycles. The Kier molecular flexibility index (Phi) is 4.44. The van der Waals surface area contributed by atoms with Gasteiger partial charge < -0.3 is 10.0 Å². The molecule has 2 unspecified atom stereocenters. The van der Waals surface area contributed by atoms with Crippen LogP contribution in [0.25, 0.3) is 0 Å². The molecule has 0 bridgehead atoms. The summed E-state index contributed by atoms with van der Waals surface area (Å²) in [7, 11) is 0. The van der Waals surface area contributed by atoms with Crippen molar-refractivity contribution in [2.24, 2.45) is 5.92 Å². The molecule has 1 aromatic heterocycles. The standard InChI is InChI=1S/C19H20ClN3O3/c20-17-4-2-1-3-14(17)15-9-16(15)18(24)22-7-5-13(6-8-22)23-11-12(10-21-23)19(25)26/h1-4,10-11,13,15-16H,5-9H2,(H,25,26). The molecule has 2 atom stereocenters. The number of rotatable bonds is 4. The molecule has 1 N–H and O–H groups in total. The molecule has 2 aliphatic rings. The molecular weight excluding hydrogens is 354 g/mol. The van der Waals surface area contributed by atoms with E-state index in [1.807, 2.05) is 29.2 Å². The monoisotopic (exact) mass is 373 g/mol. The number of likely N-dealkylation sites (tertiary alicyclic amines) is 1. The van der Waals surface area contributed by atoms with Crippen molar-refractivity contribution in [3.8, 4) is 0 Å². The third-order valence-corrected chi connectivity index (χ3v) is 5.76. The van der Waals surface area contributed by atoms with Crippen molar-refractivity contribution in [2.75, 3.05) is 13.1 Å². The highest BCUT2D eigenvalue weighted by molar-refractivity contribution is 6.31. The van der Waals surface area contributed by atoms with Gasteiger partial charge in [-0.2, -0.15) is 5.10 Å². The third kappa shape index (κ3) is 3.21. The Morgan fingerprint density at radius 1 is 1.19 bits per heavy atom. The SMILES string of the molecule is O=C(O)c1cnn(C2CCN(C(=O)C3CC3c3ccccc3Cl)CC2)c1. The number of carboxylic acid groups (broad SMARTS) is 1. The largest absolute Gasteiger partial charge is 0.478 e. The van der Waals surface area contributed by atoms with Gasteiger partial charge in [0.15, 0.2) is 0 Å². The van der Waals surface area contributed by atoms with Gasteiger partial charge in [0.2, 0.25) is 5.91 Å². The summed E-state index contributed by atoms with van der Waals surface area (Å²) in [5, 5.41) is 13.9. The number of halogens is 1. The van der Waals surface area contributed by atoms with Crippen LogP contribution in [-0.4, -0.2) is 44.8 Å². The van der Waals surface area contributed by atoms with Crippen LogP contribution in [0, 0.1) is 5.92 Å². The van der Waals surface area contributed by atoms with Crippen LogP contribution < -0.4 is 0 Å². The van der Waals surface area contributed by atoms with Crippen molar-refractivity contribution in [3.05, 3.63) is 52.8 Å². The minimum absolute atomic E-state index is 0.0368. The van der Waals surface area contributed by atoms with Crippen LogP contribution >= 0.6 is 11.6 Å². The van der Waals surface area contributed by atoms with Crippen molar-refractivity contribution in [1.29, 1.82) is 0 Å². The summed E-state index contributed by atoms with van der Waals surface area (Å²) in [5.74, 6) is -0.490. The van der Waals surface area contributed by atoms with Gasteiger partial charge in [0.05, 0.1) is 17.8 Å². The average molecular weight is 374 g/mol. The van der Waals surface area contributed by atoms with E-state index in [0.29, 0.717) is 13.1 Å². The maximum absolute atomic E-state index is 12.8. The first-order chi connectivity index (χ1) is 12.5. The van der Waals surface area contributed by atoms with E-state index >= 15 is 0 Å². The highest BCUT2D eigenvalue weighted by Crippen LogP contribution is 2.50. The number of carboxylic acids is 1. The first-order valence-electron chi connectivity index (χ1n) is 8.85. The summed E-state index contributed by atoms with van der Waals surface area (Å²) in [6.45, 7) is 1.36. The predicted octanol–water partition coefficient (Wildman–Crippen LogP) is 3.20. The number of hydrogen-bond acceptors (Lipinski definition) is 3. The van der Waals surface area contributed by atoms with Crippen LogP contribution in [0.5, 0.6) is 0 Å². The van der Waals surface area contributed by atoms with E-state index in [-0.39, 0.29) is 29.3 Å². The van der Waals surface area contributed by atoms with Gasteiger partial charge in [-0.1, -0.05) is 29.8 Å². The topological polar surface area (TPSA) is 75.4 Å². The molecule has 2 aromatic rings. The van der Waals surface area contributed by atoms with Crippen molar-refractivity contribution in [1.82, 2.24) is 14.7 Å². The number of hydrogen-bond donors (Lipinski definition) is 1. The van der Waals surface area contributed by atoms with Gasteiger partial charge in [-0.25, -0.2) is 4.79 Å². The van der Waals surface area contributed by atoms with Crippen LogP contribution in [-0.2, 0) is 4.79 Å². The van der Waals surface area contributed by atoms with E-state index in [0.717, 1.165) is 29.8 Å². The molecule has 1 amide bonds. The lowest BCUT2D eigenvalue weighted by Crippen LogP contribution is -2.40. The molecule has 2 fully saturated rings. The number of aromatic carboxylic acids is 1. The fraction of sp³-hybridized carbons (Fsp3) is 0.421. The molecule has 1 aromatic carbocycles. The van der Waals surface area contributed by atoms with Crippen molar-refractivity contribution in [3.63, 3.8) is 0 Å². The highest BCUT2D eigenvalue weighted by Gasteiger charge is 2.46. The first-order valence-corrected chi connectivity index (χ1v) is 9.23. The minimum Gasteiger partial charge on any atom is -0.478 e. The van der Waals surface area contributed by atoms with E-state index in [4.69, 9.17) is 16.7 Å². The van der Waals surface area contributed by atoms with Gasteiger partial charge in [-0.05, 0) is 36.8 Å². The minimum atomic E-state index is -0.969. The molecule has 1 saturated heterocycles.